The van der Waals surface area contributed by atoms with Crippen molar-refractivity contribution in [2.75, 3.05) is 13.2 Å². The molecule has 74 valence electrons. The number of hydrogen-bond donors (Lipinski definition) is 1. The van der Waals surface area contributed by atoms with Crippen molar-refractivity contribution in [2.24, 2.45) is 5.73 Å². The summed E-state index contributed by atoms with van der Waals surface area (Å²) in [6, 6.07) is 5.85. The summed E-state index contributed by atoms with van der Waals surface area (Å²) in [7, 11) is 0. The van der Waals surface area contributed by atoms with Crippen LogP contribution in [0.1, 0.15) is 6.42 Å². The van der Waals surface area contributed by atoms with E-state index in [4.69, 9.17) is 10.5 Å². The zero-order chi connectivity index (χ0) is 9.80. The van der Waals surface area contributed by atoms with Gasteiger partial charge in [0, 0.05) is 6.20 Å². The molecule has 0 aliphatic heterocycles. The summed E-state index contributed by atoms with van der Waals surface area (Å²) < 4.78 is 7.35. The van der Waals surface area contributed by atoms with Gasteiger partial charge in [0.1, 0.15) is 5.65 Å². The first-order chi connectivity index (χ1) is 6.90. The molecule has 2 aromatic heterocycles. The summed E-state index contributed by atoms with van der Waals surface area (Å²) in [5.74, 6) is 0.657. The number of pyridine rings is 1. The number of ether oxygens (including phenoxy) is 1. The molecule has 0 saturated carbocycles. The second-order valence-electron chi connectivity index (χ2n) is 3.04. The molecular weight excluding hydrogens is 178 g/mol. The highest BCUT2D eigenvalue weighted by molar-refractivity contribution is 5.40. The van der Waals surface area contributed by atoms with E-state index in [2.05, 4.69) is 4.98 Å². The molecule has 2 heterocycles. The monoisotopic (exact) mass is 191 g/mol. The minimum atomic E-state index is 0.625. The Balaban J connectivity index is 2.11. The quantitative estimate of drug-likeness (QED) is 0.735. The summed E-state index contributed by atoms with van der Waals surface area (Å²) in [5, 5.41) is 0. The van der Waals surface area contributed by atoms with E-state index in [0.717, 1.165) is 12.1 Å². The van der Waals surface area contributed by atoms with Gasteiger partial charge in [-0.3, -0.25) is 0 Å². The molecule has 0 fully saturated rings. The van der Waals surface area contributed by atoms with Gasteiger partial charge in [-0.25, -0.2) is 0 Å². The lowest BCUT2D eigenvalue weighted by Gasteiger charge is -1.98. The van der Waals surface area contributed by atoms with Crippen molar-refractivity contribution in [2.45, 2.75) is 6.42 Å². The Hall–Kier alpha value is -1.55. The summed E-state index contributed by atoms with van der Waals surface area (Å²) in [4.78, 5) is 4.28. The van der Waals surface area contributed by atoms with Gasteiger partial charge in [-0.1, -0.05) is 6.07 Å². The lowest BCUT2D eigenvalue weighted by atomic mass is 10.5. The fourth-order valence-corrected chi connectivity index (χ4v) is 1.24. The molecule has 0 aliphatic rings. The molecule has 0 amide bonds. The number of rotatable bonds is 4. The Bertz CT molecular complexity index is 377. The SMILES string of the molecule is NCCCOc1cn2ccccc2n1. The third kappa shape index (κ3) is 1.85. The number of imidazole rings is 1. The van der Waals surface area contributed by atoms with E-state index in [1.807, 2.05) is 35.0 Å². The smallest absolute Gasteiger partial charge is 0.232 e. The van der Waals surface area contributed by atoms with E-state index in [1.54, 1.807) is 0 Å². The second kappa shape index (κ2) is 4.11. The fourth-order valence-electron chi connectivity index (χ4n) is 1.24. The third-order valence-electron chi connectivity index (χ3n) is 1.94. The topological polar surface area (TPSA) is 52.5 Å². The standard InChI is InChI=1S/C10H13N3O/c11-5-3-7-14-10-8-13-6-2-1-4-9(13)12-10/h1-2,4,6,8H,3,5,7,11H2. The summed E-state index contributed by atoms with van der Waals surface area (Å²) in [6.45, 7) is 1.27. The Morgan fingerprint density at radius 1 is 1.43 bits per heavy atom. The second-order valence-corrected chi connectivity index (χ2v) is 3.04. The van der Waals surface area contributed by atoms with Crippen molar-refractivity contribution in [3.63, 3.8) is 0 Å². The minimum Gasteiger partial charge on any atom is -0.477 e. The van der Waals surface area contributed by atoms with E-state index in [9.17, 15) is 0 Å². The summed E-state index contributed by atoms with van der Waals surface area (Å²) >= 11 is 0. The van der Waals surface area contributed by atoms with Crippen molar-refractivity contribution in [1.82, 2.24) is 9.38 Å². The number of aromatic nitrogens is 2. The average molecular weight is 191 g/mol. The molecule has 0 radical (unpaired) electrons. The zero-order valence-electron chi connectivity index (χ0n) is 7.89. The molecule has 2 N–H and O–H groups in total. The highest BCUT2D eigenvalue weighted by Crippen LogP contribution is 2.11. The van der Waals surface area contributed by atoms with Crippen LogP contribution >= 0.6 is 0 Å². The molecule has 4 heteroatoms. The van der Waals surface area contributed by atoms with Crippen LogP contribution in [-0.4, -0.2) is 22.5 Å². The predicted molar refractivity (Wildman–Crippen MR) is 54.4 cm³/mol. The normalized spacial score (nSPS) is 10.6. The largest absolute Gasteiger partial charge is 0.477 e. The predicted octanol–water partition coefficient (Wildman–Crippen LogP) is 1.06. The Morgan fingerprint density at radius 2 is 2.36 bits per heavy atom. The van der Waals surface area contributed by atoms with Gasteiger partial charge in [-0.05, 0) is 25.1 Å². The van der Waals surface area contributed by atoms with E-state index in [-0.39, 0.29) is 0 Å². The zero-order valence-corrected chi connectivity index (χ0v) is 7.89. The molecule has 0 saturated heterocycles. The van der Waals surface area contributed by atoms with Gasteiger partial charge in [0.25, 0.3) is 0 Å². The first-order valence-corrected chi connectivity index (χ1v) is 4.67. The van der Waals surface area contributed by atoms with Crippen molar-refractivity contribution >= 4 is 5.65 Å². The van der Waals surface area contributed by atoms with Crippen LogP contribution < -0.4 is 10.5 Å². The molecule has 14 heavy (non-hydrogen) atoms. The molecule has 0 atom stereocenters. The van der Waals surface area contributed by atoms with Gasteiger partial charge in [0.05, 0.1) is 12.8 Å². The molecule has 0 aliphatic carbocycles. The lowest BCUT2D eigenvalue weighted by molar-refractivity contribution is 0.303. The third-order valence-corrected chi connectivity index (χ3v) is 1.94. The van der Waals surface area contributed by atoms with Gasteiger partial charge >= 0.3 is 0 Å². The van der Waals surface area contributed by atoms with Gasteiger partial charge in [0.2, 0.25) is 5.88 Å². The highest BCUT2D eigenvalue weighted by Gasteiger charge is 1.99. The Morgan fingerprint density at radius 3 is 3.14 bits per heavy atom. The van der Waals surface area contributed by atoms with Crippen LogP contribution in [0.15, 0.2) is 30.6 Å². The lowest BCUT2D eigenvalue weighted by Crippen LogP contribution is -2.06. The fraction of sp³-hybridized carbons (Fsp3) is 0.300. The van der Waals surface area contributed by atoms with Crippen LogP contribution in [-0.2, 0) is 0 Å². The molecule has 4 nitrogen and oxygen atoms in total. The molecule has 2 rings (SSSR count). The summed E-state index contributed by atoms with van der Waals surface area (Å²) in [6.07, 6.45) is 4.66. The number of fused-ring (bicyclic) bond motifs is 1. The maximum atomic E-state index is 5.42. The summed E-state index contributed by atoms with van der Waals surface area (Å²) in [5.41, 5.74) is 6.26. The number of nitrogens with zero attached hydrogens (tertiary/aromatic N) is 2. The van der Waals surface area contributed by atoms with Crippen LogP contribution in [0.4, 0.5) is 0 Å². The molecular formula is C10H13N3O. The van der Waals surface area contributed by atoms with Gasteiger partial charge in [0.15, 0.2) is 0 Å². The molecule has 0 unspecified atom stereocenters. The van der Waals surface area contributed by atoms with Crippen molar-refractivity contribution in [3.8, 4) is 5.88 Å². The highest BCUT2D eigenvalue weighted by atomic mass is 16.5. The van der Waals surface area contributed by atoms with E-state index in [0.29, 0.717) is 19.0 Å². The number of hydrogen-bond acceptors (Lipinski definition) is 3. The Labute approximate surface area is 82.3 Å². The van der Waals surface area contributed by atoms with E-state index in [1.165, 1.54) is 0 Å². The molecule has 2 aromatic rings. The van der Waals surface area contributed by atoms with Crippen LogP contribution in [0.2, 0.25) is 0 Å². The van der Waals surface area contributed by atoms with Crippen molar-refractivity contribution < 1.29 is 4.74 Å². The van der Waals surface area contributed by atoms with Crippen LogP contribution in [0.25, 0.3) is 5.65 Å². The molecule has 0 aromatic carbocycles. The van der Waals surface area contributed by atoms with Gasteiger partial charge < -0.3 is 14.9 Å². The van der Waals surface area contributed by atoms with Crippen LogP contribution in [0.5, 0.6) is 5.88 Å². The molecule has 0 spiro atoms. The first kappa shape index (κ1) is 9.02. The van der Waals surface area contributed by atoms with Gasteiger partial charge in [-0.2, -0.15) is 4.98 Å². The van der Waals surface area contributed by atoms with Crippen molar-refractivity contribution in [1.29, 1.82) is 0 Å². The van der Waals surface area contributed by atoms with E-state index < -0.39 is 0 Å². The first-order valence-electron chi connectivity index (χ1n) is 4.67. The number of nitrogens with two attached hydrogens (primary N) is 1. The average Bonchev–Trinajstić information content (AvgIpc) is 2.60. The van der Waals surface area contributed by atoms with Crippen LogP contribution in [0, 0.1) is 0 Å². The van der Waals surface area contributed by atoms with Gasteiger partial charge in [-0.15, -0.1) is 0 Å². The minimum absolute atomic E-state index is 0.625. The van der Waals surface area contributed by atoms with Crippen molar-refractivity contribution in [3.05, 3.63) is 30.6 Å². The van der Waals surface area contributed by atoms with Crippen LogP contribution in [0.3, 0.4) is 0 Å². The Kier molecular flexibility index (Phi) is 2.65. The maximum Gasteiger partial charge on any atom is 0.232 e. The van der Waals surface area contributed by atoms with E-state index >= 15 is 0 Å². The maximum absolute atomic E-state index is 5.42. The molecule has 0 bridgehead atoms.